The first kappa shape index (κ1) is 24.8. The van der Waals surface area contributed by atoms with Crippen molar-refractivity contribution in [1.29, 1.82) is 0 Å². The quantitative estimate of drug-likeness (QED) is 0.520. The molecule has 3 N–H and O–H groups in total. The lowest BCUT2D eigenvalue weighted by Crippen LogP contribution is -2.52. The summed E-state index contributed by atoms with van der Waals surface area (Å²) in [6, 6.07) is 5.00. The largest absolute Gasteiger partial charge is 0.465 e. The number of benzene rings is 1. The van der Waals surface area contributed by atoms with Gasteiger partial charge in [-0.15, -0.1) is 0 Å². The van der Waals surface area contributed by atoms with E-state index in [2.05, 4.69) is 15.6 Å². The Labute approximate surface area is 210 Å². The monoisotopic (exact) mass is 513 g/mol. The second-order valence-electron chi connectivity index (χ2n) is 9.58. The van der Waals surface area contributed by atoms with Gasteiger partial charge < -0.3 is 15.3 Å². The highest BCUT2D eigenvalue weighted by molar-refractivity contribution is 6.05. The molecule has 5 rings (SSSR count). The van der Waals surface area contributed by atoms with Crippen molar-refractivity contribution in [2.75, 3.05) is 13.1 Å². The number of alkyl halides is 1. The fourth-order valence-corrected chi connectivity index (χ4v) is 5.30. The van der Waals surface area contributed by atoms with E-state index in [4.69, 9.17) is 5.11 Å². The number of hydrogen-bond donors (Lipinski definition) is 3. The summed E-state index contributed by atoms with van der Waals surface area (Å²) >= 11 is 0. The van der Waals surface area contributed by atoms with E-state index in [1.165, 1.54) is 17.2 Å². The van der Waals surface area contributed by atoms with E-state index in [0.717, 1.165) is 0 Å². The Bertz CT molecular complexity index is 1290. The summed E-state index contributed by atoms with van der Waals surface area (Å²) in [7, 11) is 0. The molecule has 2 saturated heterocycles. The van der Waals surface area contributed by atoms with Crippen LogP contribution >= 0.6 is 0 Å². The molecular weight excluding hydrogens is 488 g/mol. The number of carbonyl (C=O) groups is 4. The fraction of sp³-hybridized carbons (Fsp3) is 0.400. The Morgan fingerprint density at radius 1 is 1.22 bits per heavy atom. The molecule has 0 spiro atoms. The van der Waals surface area contributed by atoms with Crippen LogP contribution in [-0.2, 0) is 22.7 Å². The van der Waals surface area contributed by atoms with Gasteiger partial charge in [0.25, 0.3) is 5.91 Å². The number of hydrogen-bond acceptors (Lipinski definition) is 6. The lowest BCUT2D eigenvalue weighted by atomic mass is 10.0. The maximum Gasteiger partial charge on any atom is 0.404 e. The molecule has 0 aliphatic carbocycles. The lowest BCUT2D eigenvalue weighted by molar-refractivity contribution is -0.136. The number of imide groups is 1. The SMILES string of the molecule is O=C(O)N[C@H]1C[C@H](F)CN(Cc2ccnc(-c3ccc4c(c3)CN(C3CCC(=O)NC3=O)C4=O)c2F)C1. The first-order valence-electron chi connectivity index (χ1n) is 12.0. The molecule has 3 aliphatic rings. The molecule has 3 atom stereocenters. The Kier molecular flexibility index (Phi) is 6.59. The molecule has 1 aromatic carbocycles. The van der Waals surface area contributed by atoms with Crippen LogP contribution < -0.4 is 10.6 Å². The topological polar surface area (TPSA) is 132 Å². The smallest absolute Gasteiger partial charge is 0.404 e. The normalized spacial score (nSPS) is 24.1. The summed E-state index contributed by atoms with van der Waals surface area (Å²) in [6.07, 6.45) is -0.562. The summed E-state index contributed by atoms with van der Waals surface area (Å²) in [5.41, 5.74) is 1.83. The molecule has 4 amide bonds. The molecular formula is C25H25F2N5O5. The molecule has 12 heteroatoms. The van der Waals surface area contributed by atoms with E-state index >= 15 is 4.39 Å². The van der Waals surface area contributed by atoms with Gasteiger partial charge in [-0.1, -0.05) is 6.07 Å². The van der Waals surface area contributed by atoms with Crippen LogP contribution in [-0.4, -0.2) is 75.0 Å². The maximum absolute atomic E-state index is 15.5. The number of pyridine rings is 1. The van der Waals surface area contributed by atoms with Crippen LogP contribution in [0.2, 0.25) is 0 Å². The third-order valence-electron chi connectivity index (χ3n) is 6.96. The van der Waals surface area contributed by atoms with Crippen molar-refractivity contribution in [2.45, 2.75) is 50.6 Å². The van der Waals surface area contributed by atoms with Gasteiger partial charge in [0, 0.05) is 67.9 Å². The average Bonchev–Trinajstić information content (AvgIpc) is 3.15. The van der Waals surface area contributed by atoms with Gasteiger partial charge in [0.1, 0.15) is 17.9 Å². The number of aromatic nitrogens is 1. The zero-order valence-electron chi connectivity index (χ0n) is 19.7. The van der Waals surface area contributed by atoms with Crippen molar-refractivity contribution in [3.8, 4) is 11.3 Å². The third-order valence-corrected chi connectivity index (χ3v) is 6.96. The summed E-state index contributed by atoms with van der Waals surface area (Å²) in [6.45, 7) is 0.540. The number of amides is 4. The number of nitrogens with zero attached hydrogens (tertiary/aromatic N) is 3. The van der Waals surface area contributed by atoms with Gasteiger partial charge in [-0.3, -0.25) is 29.6 Å². The molecule has 0 radical (unpaired) electrons. The van der Waals surface area contributed by atoms with Crippen LogP contribution in [0.15, 0.2) is 30.5 Å². The van der Waals surface area contributed by atoms with E-state index < -0.39 is 36.1 Å². The minimum Gasteiger partial charge on any atom is -0.465 e. The van der Waals surface area contributed by atoms with Gasteiger partial charge in [-0.25, -0.2) is 13.6 Å². The molecule has 1 aromatic heterocycles. The van der Waals surface area contributed by atoms with Crippen LogP contribution in [0.5, 0.6) is 0 Å². The maximum atomic E-state index is 15.5. The van der Waals surface area contributed by atoms with Gasteiger partial charge >= 0.3 is 6.09 Å². The standard InChI is InChI=1S/C25H25F2N5O5/c26-16-8-17(29-25(36)37)12-31(11-16)9-14-5-6-28-22(21(14)27)13-1-2-18-15(7-13)10-32(24(18)35)19-3-4-20(33)30-23(19)34/h1-2,5-7,16-17,19,29H,3-4,8-12H2,(H,36,37)(H,30,33,34)/t16-,17-,19?/m0/s1. The number of nitrogens with one attached hydrogen (secondary N) is 2. The number of fused-ring (bicyclic) bond motifs is 1. The molecule has 37 heavy (non-hydrogen) atoms. The van der Waals surface area contributed by atoms with Crippen LogP contribution in [0.3, 0.4) is 0 Å². The van der Waals surface area contributed by atoms with Gasteiger partial charge in [0.15, 0.2) is 5.82 Å². The second-order valence-corrected chi connectivity index (χ2v) is 9.58. The molecule has 4 heterocycles. The van der Waals surface area contributed by atoms with Crippen LogP contribution in [0, 0.1) is 5.82 Å². The molecule has 0 bridgehead atoms. The summed E-state index contributed by atoms with van der Waals surface area (Å²) in [5.74, 6) is -1.78. The van der Waals surface area contributed by atoms with E-state index in [-0.39, 0.29) is 68.5 Å². The number of carbonyl (C=O) groups excluding carboxylic acids is 3. The summed E-state index contributed by atoms with van der Waals surface area (Å²) in [5, 5.41) is 13.5. The Morgan fingerprint density at radius 2 is 2.03 bits per heavy atom. The fourth-order valence-electron chi connectivity index (χ4n) is 5.30. The molecule has 3 aliphatic heterocycles. The van der Waals surface area contributed by atoms with Crippen LogP contribution in [0.4, 0.5) is 13.6 Å². The van der Waals surface area contributed by atoms with E-state index in [0.29, 0.717) is 16.7 Å². The predicted octanol–water partition coefficient (Wildman–Crippen LogP) is 1.83. The van der Waals surface area contributed by atoms with Gasteiger partial charge in [-0.05, 0) is 30.2 Å². The van der Waals surface area contributed by atoms with Gasteiger partial charge in [0.2, 0.25) is 11.8 Å². The van der Waals surface area contributed by atoms with Crippen molar-refractivity contribution in [3.05, 3.63) is 53.0 Å². The van der Waals surface area contributed by atoms with Crippen molar-refractivity contribution in [3.63, 3.8) is 0 Å². The minimum absolute atomic E-state index is 0.0615. The Hall–Kier alpha value is -3.93. The highest BCUT2D eigenvalue weighted by atomic mass is 19.1. The van der Waals surface area contributed by atoms with Crippen molar-refractivity contribution in [1.82, 2.24) is 25.4 Å². The highest BCUT2D eigenvalue weighted by Gasteiger charge is 2.39. The zero-order valence-corrected chi connectivity index (χ0v) is 19.7. The number of halogens is 2. The average molecular weight is 514 g/mol. The number of carboxylic acid groups (broad SMARTS) is 1. The molecule has 1 unspecified atom stereocenters. The predicted molar refractivity (Wildman–Crippen MR) is 125 cm³/mol. The Balaban J connectivity index is 1.35. The van der Waals surface area contributed by atoms with Gasteiger partial charge in [0.05, 0.1) is 0 Å². The minimum atomic E-state index is -1.24. The van der Waals surface area contributed by atoms with Crippen LogP contribution in [0.25, 0.3) is 11.3 Å². The van der Waals surface area contributed by atoms with Gasteiger partial charge in [-0.2, -0.15) is 0 Å². The molecule has 2 aromatic rings. The van der Waals surface area contributed by atoms with Crippen molar-refractivity contribution in [2.24, 2.45) is 0 Å². The summed E-state index contributed by atoms with van der Waals surface area (Å²) < 4.78 is 29.7. The van der Waals surface area contributed by atoms with E-state index in [9.17, 15) is 23.6 Å². The number of piperidine rings is 2. The second kappa shape index (κ2) is 9.85. The summed E-state index contributed by atoms with van der Waals surface area (Å²) in [4.78, 5) is 54.9. The van der Waals surface area contributed by atoms with Crippen molar-refractivity contribution >= 4 is 23.8 Å². The molecule has 10 nitrogen and oxygen atoms in total. The number of likely N-dealkylation sites (tertiary alicyclic amines) is 1. The Morgan fingerprint density at radius 3 is 2.78 bits per heavy atom. The third kappa shape index (κ3) is 5.01. The highest BCUT2D eigenvalue weighted by Crippen LogP contribution is 2.32. The first-order chi connectivity index (χ1) is 17.7. The first-order valence-corrected chi connectivity index (χ1v) is 12.0. The van der Waals surface area contributed by atoms with Crippen LogP contribution in [0.1, 0.15) is 40.7 Å². The molecule has 2 fully saturated rings. The number of rotatable bonds is 5. The lowest BCUT2D eigenvalue weighted by Gasteiger charge is -2.34. The zero-order chi connectivity index (χ0) is 26.3. The molecule has 194 valence electrons. The van der Waals surface area contributed by atoms with Crippen molar-refractivity contribution < 1.29 is 33.1 Å². The van der Waals surface area contributed by atoms with E-state index in [1.807, 2.05) is 0 Å². The van der Waals surface area contributed by atoms with E-state index in [1.54, 1.807) is 23.1 Å². The molecule has 0 saturated carbocycles.